The Morgan fingerprint density at radius 3 is 2.62 bits per heavy atom. The molecule has 1 aliphatic rings. The van der Waals surface area contributed by atoms with Gasteiger partial charge in [0.2, 0.25) is 0 Å². The van der Waals surface area contributed by atoms with E-state index in [2.05, 4.69) is 33.4 Å². The number of fused-ring (bicyclic) bond motifs is 1. The van der Waals surface area contributed by atoms with Crippen molar-refractivity contribution in [2.24, 2.45) is 0 Å². The van der Waals surface area contributed by atoms with Crippen LogP contribution in [0.3, 0.4) is 0 Å². The van der Waals surface area contributed by atoms with Crippen molar-refractivity contribution in [1.29, 1.82) is 0 Å². The first-order valence-electron chi connectivity index (χ1n) is 8.42. The van der Waals surface area contributed by atoms with Gasteiger partial charge in [-0.05, 0) is 36.2 Å². The molecule has 2 heterocycles. The lowest BCUT2D eigenvalue weighted by Crippen LogP contribution is -2.44. The highest BCUT2D eigenvalue weighted by atomic mass is 32.1. The molecule has 1 saturated heterocycles. The van der Waals surface area contributed by atoms with E-state index in [0.29, 0.717) is 5.19 Å². The molecule has 1 aliphatic heterocycles. The molecule has 0 spiro atoms. The second-order valence-corrected chi connectivity index (χ2v) is 7.03. The maximum absolute atomic E-state index is 5.90. The van der Waals surface area contributed by atoms with Gasteiger partial charge in [0.05, 0.1) is 10.2 Å². The van der Waals surface area contributed by atoms with Crippen LogP contribution in [0.2, 0.25) is 0 Å². The number of ether oxygens (including phenoxy) is 1. The summed E-state index contributed by atoms with van der Waals surface area (Å²) in [5.74, 6) is 0.847. The van der Waals surface area contributed by atoms with Crippen molar-refractivity contribution in [1.82, 2.24) is 15.2 Å². The number of hydrogen-bond donors (Lipinski definition) is 1. The number of thiazole rings is 1. The van der Waals surface area contributed by atoms with Crippen LogP contribution in [0.4, 0.5) is 0 Å². The Hall–Kier alpha value is -1.95. The van der Waals surface area contributed by atoms with Gasteiger partial charge in [-0.25, -0.2) is 4.98 Å². The molecule has 4 rings (SSSR count). The van der Waals surface area contributed by atoms with Gasteiger partial charge >= 0.3 is 0 Å². The van der Waals surface area contributed by atoms with Gasteiger partial charge in [0, 0.05) is 32.7 Å². The first-order chi connectivity index (χ1) is 11.9. The fraction of sp³-hybridized carbons (Fsp3) is 0.316. The Bertz CT molecular complexity index is 761. The molecule has 0 atom stereocenters. The Balaban J connectivity index is 1.36. The number of rotatable bonds is 5. The second kappa shape index (κ2) is 7.30. The average Bonchev–Trinajstić information content (AvgIpc) is 3.04. The van der Waals surface area contributed by atoms with Crippen LogP contribution in [0.25, 0.3) is 10.2 Å². The largest absolute Gasteiger partial charge is 0.431 e. The predicted octanol–water partition coefficient (Wildman–Crippen LogP) is 3.54. The third-order valence-corrected chi connectivity index (χ3v) is 5.24. The summed E-state index contributed by atoms with van der Waals surface area (Å²) in [6, 6.07) is 16.5. The summed E-state index contributed by atoms with van der Waals surface area (Å²) < 4.78 is 7.05. The summed E-state index contributed by atoms with van der Waals surface area (Å²) in [5, 5.41) is 4.09. The zero-order valence-electron chi connectivity index (χ0n) is 13.6. The SMILES string of the molecule is c1ccc2sc(Oc3ccc(CCN4CCNCC4)cc3)nc2c1. The number of para-hydroxylation sites is 1. The van der Waals surface area contributed by atoms with E-state index in [4.69, 9.17) is 4.74 Å². The molecule has 4 nitrogen and oxygen atoms in total. The third kappa shape index (κ3) is 3.75. The first-order valence-corrected chi connectivity index (χ1v) is 9.24. The second-order valence-electron chi connectivity index (χ2n) is 6.04. The summed E-state index contributed by atoms with van der Waals surface area (Å²) >= 11 is 1.58. The van der Waals surface area contributed by atoms with Crippen molar-refractivity contribution in [3.8, 4) is 10.9 Å². The van der Waals surface area contributed by atoms with Crippen molar-refractivity contribution in [2.45, 2.75) is 6.42 Å². The van der Waals surface area contributed by atoms with E-state index >= 15 is 0 Å². The average molecular weight is 339 g/mol. The maximum atomic E-state index is 5.90. The minimum Gasteiger partial charge on any atom is -0.431 e. The van der Waals surface area contributed by atoms with Crippen LogP contribution in [0.15, 0.2) is 48.5 Å². The molecule has 1 aromatic heterocycles. The molecule has 0 radical (unpaired) electrons. The predicted molar refractivity (Wildman–Crippen MR) is 99.1 cm³/mol. The Morgan fingerprint density at radius 1 is 1.04 bits per heavy atom. The number of nitrogens with zero attached hydrogens (tertiary/aromatic N) is 2. The fourth-order valence-corrected chi connectivity index (χ4v) is 3.78. The van der Waals surface area contributed by atoms with Crippen LogP contribution < -0.4 is 10.1 Å². The third-order valence-electron chi connectivity index (χ3n) is 4.33. The van der Waals surface area contributed by atoms with E-state index in [1.807, 2.05) is 30.3 Å². The van der Waals surface area contributed by atoms with Gasteiger partial charge in [-0.2, -0.15) is 0 Å². The zero-order chi connectivity index (χ0) is 16.2. The van der Waals surface area contributed by atoms with Gasteiger partial charge in [0.1, 0.15) is 5.75 Å². The van der Waals surface area contributed by atoms with Crippen molar-refractivity contribution in [3.05, 3.63) is 54.1 Å². The molecular weight excluding hydrogens is 318 g/mol. The van der Waals surface area contributed by atoms with Gasteiger partial charge in [-0.3, -0.25) is 0 Å². The highest BCUT2D eigenvalue weighted by molar-refractivity contribution is 7.20. The normalized spacial score (nSPS) is 15.7. The zero-order valence-corrected chi connectivity index (χ0v) is 14.4. The van der Waals surface area contributed by atoms with Crippen LogP contribution in [0, 0.1) is 0 Å². The van der Waals surface area contributed by atoms with E-state index in [9.17, 15) is 0 Å². The lowest BCUT2D eigenvalue weighted by Gasteiger charge is -2.27. The summed E-state index contributed by atoms with van der Waals surface area (Å²) in [6.07, 6.45) is 1.08. The fourth-order valence-electron chi connectivity index (χ4n) is 2.94. The van der Waals surface area contributed by atoms with Crippen molar-refractivity contribution >= 4 is 21.6 Å². The van der Waals surface area contributed by atoms with E-state index in [1.54, 1.807) is 11.3 Å². The number of hydrogen-bond acceptors (Lipinski definition) is 5. The first kappa shape index (κ1) is 15.6. The number of nitrogens with one attached hydrogen (secondary N) is 1. The summed E-state index contributed by atoms with van der Waals surface area (Å²) in [7, 11) is 0. The van der Waals surface area contributed by atoms with Crippen LogP contribution in [0.1, 0.15) is 5.56 Å². The van der Waals surface area contributed by atoms with Crippen LogP contribution in [0.5, 0.6) is 10.9 Å². The van der Waals surface area contributed by atoms with Gasteiger partial charge < -0.3 is 15.0 Å². The van der Waals surface area contributed by atoms with E-state index < -0.39 is 0 Å². The highest BCUT2D eigenvalue weighted by Gasteiger charge is 2.09. The summed E-state index contributed by atoms with van der Waals surface area (Å²) in [5.41, 5.74) is 2.34. The molecular formula is C19H21N3OS. The maximum Gasteiger partial charge on any atom is 0.279 e. The van der Waals surface area contributed by atoms with Crippen molar-refractivity contribution in [3.63, 3.8) is 0 Å². The summed E-state index contributed by atoms with van der Waals surface area (Å²) in [4.78, 5) is 7.03. The minimum atomic E-state index is 0.699. The topological polar surface area (TPSA) is 37.4 Å². The molecule has 0 aliphatic carbocycles. The molecule has 5 heteroatoms. The summed E-state index contributed by atoms with van der Waals surface area (Å²) in [6.45, 7) is 5.64. The molecule has 124 valence electrons. The van der Waals surface area contributed by atoms with Gasteiger partial charge in [0.15, 0.2) is 0 Å². The smallest absolute Gasteiger partial charge is 0.279 e. The van der Waals surface area contributed by atoms with Gasteiger partial charge in [-0.1, -0.05) is 35.6 Å². The molecule has 0 unspecified atom stereocenters. The standard InChI is InChI=1S/C19H21N3OS/c1-2-4-18-17(3-1)21-19(24-18)23-16-7-5-15(6-8-16)9-12-22-13-10-20-11-14-22/h1-8,20H,9-14H2. The minimum absolute atomic E-state index is 0.699. The van der Waals surface area contributed by atoms with Crippen LogP contribution in [-0.4, -0.2) is 42.6 Å². The number of aromatic nitrogens is 1. The van der Waals surface area contributed by atoms with Gasteiger partial charge in [-0.15, -0.1) is 0 Å². The molecule has 0 amide bonds. The lowest BCUT2D eigenvalue weighted by atomic mass is 10.1. The van der Waals surface area contributed by atoms with Crippen LogP contribution in [-0.2, 0) is 6.42 Å². The molecule has 3 aromatic rings. The van der Waals surface area contributed by atoms with E-state index in [1.165, 1.54) is 5.56 Å². The molecule has 2 aromatic carbocycles. The van der Waals surface area contributed by atoms with Gasteiger partial charge in [0.25, 0.3) is 5.19 Å². The van der Waals surface area contributed by atoms with E-state index in [-0.39, 0.29) is 0 Å². The highest BCUT2D eigenvalue weighted by Crippen LogP contribution is 2.31. The monoisotopic (exact) mass is 339 g/mol. The molecule has 1 fully saturated rings. The molecule has 0 bridgehead atoms. The van der Waals surface area contributed by atoms with Crippen molar-refractivity contribution < 1.29 is 4.74 Å². The number of benzene rings is 2. The van der Waals surface area contributed by atoms with Crippen LogP contribution >= 0.6 is 11.3 Å². The molecule has 1 N–H and O–H groups in total. The Labute approximate surface area is 146 Å². The molecule has 0 saturated carbocycles. The van der Waals surface area contributed by atoms with E-state index in [0.717, 1.165) is 55.1 Å². The number of piperazine rings is 1. The quantitative estimate of drug-likeness (QED) is 0.771. The Kier molecular flexibility index (Phi) is 4.74. The molecule has 24 heavy (non-hydrogen) atoms. The Morgan fingerprint density at radius 2 is 1.83 bits per heavy atom. The lowest BCUT2D eigenvalue weighted by molar-refractivity contribution is 0.244. The van der Waals surface area contributed by atoms with Crippen molar-refractivity contribution in [2.75, 3.05) is 32.7 Å².